The second kappa shape index (κ2) is 5.13. The molecular weight excluding hydrogens is 254 g/mol. The van der Waals surface area contributed by atoms with Crippen molar-refractivity contribution in [1.82, 2.24) is 14.5 Å². The predicted molar refractivity (Wildman–Crippen MR) is 68.7 cm³/mol. The fourth-order valence-corrected chi connectivity index (χ4v) is 2.31. The summed E-state index contributed by atoms with van der Waals surface area (Å²) in [5.41, 5.74) is 0. The van der Waals surface area contributed by atoms with E-state index in [1.807, 2.05) is 6.20 Å². The Kier molecular flexibility index (Phi) is 3.56. The van der Waals surface area contributed by atoms with E-state index in [-0.39, 0.29) is 5.82 Å². The van der Waals surface area contributed by atoms with E-state index in [1.165, 1.54) is 11.2 Å². The Labute approximate surface area is 108 Å². The summed E-state index contributed by atoms with van der Waals surface area (Å²) in [6.45, 7) is 2.53. The molecule has 0 aromatic carbocycles. The number of rotatable bonds is 5. The molecule has 0 atom stereocenters. The second-order valence-electron chi connectivity index (χ2n) is 3.71. The van der Waals surface area contributed by atoms with E-state index < -0.39 is 4.92 Å². The van der Waals surface area contributed by atoms with Crippen LogP contribution in [0, 0.1) is 10.1 Å². The average Bonchev–Trinajstić information content (AvgIpc) is 2.93. The lowest BCUT2D eigenvalue weighted by atomic mass is 10.4. The van der Waals surface area contributed by atoms with E-state index in [0.717, 1.165) is 11.4 Å². The molecule has 0 aliphatic rings. The average molecular weight is 267 g/mol. The van der Waals surface area contributed by atoms with Crippen LogP contribution in [0.4, 0.5) is 11.6 Å². The molecule has 2 rings (SSSR count). The number of nitrogens with one attached hydrogen (secondary N) is 1. The van der Waals surface area contributed by atoms with E-state index in [1.54, 1.807) is 23.0 Å². The highest BCUT2D eigenvalue weighted by atomic mass is 32.1. The SMILES string of the molecule is CCc1cnc(CNc2c([N+](=O)[O-])ncn2C)s1. The van der Waals surface area contributed by atoms with Crippen LogP contribution in [0.1, 0.15) is 16.8 Å². The van der Waals surface area contributed by atoms with Crippen molar-refractivity contribution in [1.29, 1.82) is 0 Å². The van der Waals surface area contributed by atoms with Crippen LogP contribution >= 0.6 is 11.3 Å². The van der Waals surface area contributed by atoms with E-state index in [9.17, 15) is 10.1 Å². The number of hydrogen-bond donors (Lipinski definition) is 1. The third-order valence-electron chi connectivity index (χ3n) is 2.45. The van der Waals surface area contributed by atoms with Gasteiger partial charge in [0, 0.05) is 18.1 Å². The van der Waals surface area contributed by atoms with Crippen LogP contribution in [0.2, 0.25) is 0 Å². The van der Waals surface area contributed by atoms with Gasteiger partial charge in [-0.05, 0) is 16.3 Å². The van der Waals surface area contributed by atoms with Crippen molar-refractivity contribution in [2.45, 2.75) is 19.9 Å². The molecule has 0 radical (unpaired) electrons. The number of nitro groups is 1. The smallest absolute Gasteiger partial charge is 0.358 e. The van der Waals surface area contributed by atoms with Crippen LogP contribution in [-0.2, 0) is 20.0 Å². The number of thiazole rings is 1. The van der Waals surface area contributed by atoms with Crippen molar-refractivity contribution in [3.8, 4) is 0 Å². The van der Waals surface area contributed by atoms with Gasteiger partial charge in [-0.15, -0.1) is 11.3 Å². The Morgan fingerprint density at radius 2 is 2.33 bits per heavy atom. The molecule has 7 nitrogen and oxygen atoms in total. The summed E-state index contributed by atoms with van der Waals surface area (Å²) in [7, 11) is 1.71. The maximum atomic E-state index is 10.8. The molecule has 0 aliphatic carbocycles. The van der Waals surface area contributed by atoms with Crippen LogP contribution in [0.5, 0.6) is 0 Å². The number of anilines is 1. The zero-order chi connectivity index (χ0) is 13.1. The standard InChI is InChI=1S/C10H13N5O2S/c1-3-7-4-11-8(18-7)5-12-9-10(15(16)17)13-6-14(9)2/h4,6,12H,3,5H2,1-2H3. The van der Waals surface area contributed by atoms with Gasteiger partial charge in [-0.2, -0.15) is 0 Å². The molecule has 0 fully saturated rings. The summed E-state index contributed by atoms with van der Waals surface area (Å²) in [5, 5.41) is 14.7. The van der Waals surface area contributed by atoms with E-state index in [0.29, 0.717) is 12.4 Å². The summed E-state index contributed by atoms with van der Waals surface area (Å²) < 4.78 is 1.59. The molecule has 2 aromatic rings. The third-order valence-corrected chi connectivity index (χ3v) is 3.59. The van der Waals surface area contributed by atoms with Crippen molar-refractivity contribution in [2.75, 3.05) is 5.32 Å². The van der Waals surface area contributed by atoms with Gasteiger partial charge in [0.1, 0.15) is 5.01 Å². The first-order chi connectivity index (χ1) is 8.61. The van der Waals surface area contributed by atoms with Gasteiger partial charge in [-0.1, -0.05) is 6.92 Å². The van der Waals surface area contributed by atoms with Crippen molar-refractivity contribution in [3.63, 3.8) is 0 Å². The quantitative estimate of drug-likeness (QED) is 0.661. The first-order valence-electron chi connectivity index (χ1n) is 5.45. The number of nitrogens with zero attached hydrogens (tertiary/aromatic N) is 4. The van der Waals surface area contributed by atoms with Gasteiger partial charge in [-0.25, -0.2) is 4.98 Å². The first kappa shape index (κ1) is 12.5. The molecule has 18 heavy (non-hydrogen) atoms. The van der Waals surface area contributed by atoms with Crippen molar-refractivity contribution in [3.05, 3.63) is 32.5 Å². The van der Waals surface area contributed by atoms with Crippen LogP contribution in [0.15, 0.2) is 12.5 Å². The second-order valence-corrected chi connectivity index (χ2v) is 4.91. The molecule has 0 saturated carbocycles. The van der Waals surface area contributed by atoms with Crippen molar-refractivity contribution in [2.24, 2.45) is 7.05 Å². The fraction of sp³-hybridized carbons (Fsp3) is 0.400. The predicted octanol–water partition coefficient (Wildman–Crippen LogP) is 1.96. The highest BCUT2D eigenvalue weighted by molar-refractivity contribution is 7.11. The van der Waals surface area contributed by atoms with Gasteiger partial charge in [0.2, 0.25) is 12.1 Å². The Balaban J connectivity index is 2.10. The molecule has 2 heterocycles. The Morgan fingerprint density at radius 3 is 2.94 bits per heavy atom. The molecule has 1 N–H and O–H groups in total. The van der Waals surface area contributed by atoms with Gasteiger partial charge in [0.25, 0.3) is 0 Å². The first-order valence-corrected chi connectivity index (χ1v) is 6.26. The van der Waals surface area contributed by atoms with Crippen LogP contribution in [0.3, 0.4) is 0 Å². The largest absolute Gasteiger partial charge is 0.406 e. The zero-order valence-corrected chi connectivity index (χ0v) is 10.9. The Bertz CT molecular complexity index is 562. The zero-order valence-electron chi connectivity index (χ0n) is 10.1. The van der Waals surface area contributed by atoms with Gasteiger partial charge in [0.05, 0.1) is 6.54 Å². The molecule has 0 saturated heterocycles. The van der Waals surface area contributed by atoms with Gasteiger partial charge < -0.3 is 15.4 Å². The van der Waals surface area contributed by atoms with Gasteiger partial charge >= 0.3 is 5.82 Å². The van der Waals surface area contributed by atoms with Crippen LogP contribution in [0.25, 0.3) is 0 Å². The van der Waals surface area contributed by atoms with Gasteiger partial charge in [0.15, 0.2) is 0 Å². The normalized spacial score (nSPS) is 10.6. The summed E-state index contributed by atoms with van der Waals surface area (Å²) in [6, 6.07) is 0. The molecule has 2 aromatic heterocycles. The number of aryl methyl sites for hydroxylation is 2. The summed E-state index contributed by atoms with van der Waals surface area (Å²) in [5.74, 6) is 0.234. The van der Waals surface area contributed by atoms with Crippen LogP contribution in [-0.4, -0.2) is 19.5 Å². The minimum Gasteiger partial charge on any atom is -0.358 e. The number of hydrogen-bond acceptors (Lipinski definition) is 6. The maximum Gasteiger partial charge on any atom is 0.406 e. The van der Waals surface area contributed by atoms with E-state index >= 15 is 0 Å². The summed E-state index contributed by atoms with van der Waals surface area (Å²) in [4.78, 5) is 19.5. The molecule has 0 aliphatic heterocycles. The van der Waals surface area contributed by atoms with Crippen molar-refractivity contribution >= 4 is 23.0 Å². The van der Waals surface area contributed by atoms with Crippen LogP contribution < -0.4 is 5.32 Å². The molecule has 96 valence electrons. The topological polar surface area (TPSA) is 85.9 Å². The number of aromatic nitrogens is 3. The Morgan fingerprint density at radius 1 is 1.56 bits per heavy atom. The maximum absolute atomic E-state index is 10.8. The summed E-state index contributed by atoms with van der Waals surface area (Å²) in [6.07, 6.45) is 4.20. The third kappa shape index (κ3) is 2.48. The number of imidazole rings is 1. The highest BCUT2D eigenvalue weighted by Gasteiger charge is 2.19. The molecule has 0 bridgehead atoms. The fourth-order valence-electron chi connectivity index (χ4n) is 1.51. The van der Waals surface area contributed by atoms with E-state index in [2.05, 4.69) is 22.2 Å². The lowest BCUT2D eigenvalue weighted by Gasteiger charge is -2.03. The van der Waals surface area contributed by atoms with E-state index in [4.69, 9.17) is 0 Å². The molecule has 0 unspecified atom stereocenters. The molecule has 0 amide bonds. The minimum absolute atomic E-state index is 0.162. The molecule has 8 heteroatoms. The van der Waals surface area contributed by atoms with Gasteiger partial charge in [-0.3, -0.25) is 4.57 Å². The molecule has 0 spiro atoms. The highest BCUT2D eigenvalue weighted by Crippen LogP contribution is 2.22. The van der Waals surface area contributed by atoms with Crippen molar-refractivity contribution < 1.29 is 4.92 Å². The summed E-state index contributed by atoms with van der Waals surface area (Å²) >= 11 is 1.60. The Hall–Kier alpha value is -1.96. The lowest BCUT2D eigenvalue weighted by Crippen LogP contribution is -2.05. The molecular formula is C10H13N5O2S. The minimum atomic E-state index is -0.498. The monoisotopic (exact) mass is 267 g/mol. The lowest BCUT2D eigenvalue weighted by molar-refractivity contribution is -0.388.